The molecule has 2 rings (SSSR count). The molecule has 0 saturated carbocycles. The van der Waals surface area contributed by atoms with Crippen LogP contribution >= 0.6 is 11.6 Å². The smallest absolute Gasteiger partial charge is 0.186 e. The Morgan fingerprint density at radius 1 is 1.47 bits per heavy atom. The summed E-state index contributed by atoms with van der Waals surface area (Å²) in [6.07, 6.45) is 0. The van der Waals surface area contributed by atoms with Crippen molar-refractivity contribution < 1.29 is 14.0 Å². The molecule has 0 bridgehead atoms. The molecule has 1 aromatic heterocycles. The molecular weight excluding hydrogens is 221 g/mol. The third kappa shape index (κ3) is 1.68. The number of rotatable bonds is 1. The lowest BCUT2D eigenvalue weighted by Crippen LogP contribution is -1.84. The van der Waals surface area contributed by atoms with Gasteiger partial charge in [-0.1, -0.05) is 16.8 Å². The summed E-state index contributed by atoms with van der Waals surface area (Å²) in [6, 6.07) is 4.01. The fourth-order valence-corrected chi connectivity index (χ4v) is 1.40. The zero-order chi connectivity index (χ0) is 11.0. The Hall–Kier alpha value is -1.55. The van der Waals surface area contributed by atoms with E-state index in [1.807, 2.05) is 0 Å². The van der Waals surface area contributed by atoms with Crippen LogP contribution in [0.3, 0.4) is 0 Å². The van der Waals surface area contributed by atoms with Crippen LogP contribution in [0.15, 0.2) is 22.7 Å². The molecule has 0 aliphatic carbocycles. The normalized spacial score (nSPS) is 10.6. The highest BCUT2D eigenvalue weighted by Crippen LogP contribution is 2.33. The third-order valence-corrected chi connectivity index (χ3v) is 2.25. The first-order valence-corrected chi connectivity index (χ1v) is 4.58. The van der Waals surface area contributed by atoms with Gasteiger partial charge in [0.2, 0.25) is 0 Å². The minimum Gasteiger partial charge on any atom is -0.503 e. The molecule has 0 aliphatic rings. The molecular formula is C10H7ClFNO2. The van der Waals surface area contributed by atoms with E-state index in [0.29, 0.717) is 5.02 Å². The first-order valence-electron chi connectivity index (χ1n) is 4.20. The van der Waals surface area contributed by atoms with Gasteiger partial charge in [0, 0.05) is 17.5 Å². The zero-order valence-corrected chi connectivity index (χ0v) is 8.55. The fourth-order valence-electron chi connectivity index (χ4n) is 1.22. The molecule has 0 unspecified atom stereocenters. The molecule has 15 heavy (non-hydrogen) atoms. The molecule has 78 valence electrons. The van der Waals surface area contributed by atoms with Gasteiger partial charge in [-0.25, -0.2) is 4.39 Å². The summed E-state index contributed by atoms with van der Waals surface area (Å²) in [5, 5.41) is 13.5. The van der Waals surface area contributed by atoms with Crippen LogP contribution in [-0.2, 0) is 0 Å². The van der Waals surface area contributed by atoms with Gasteiger partial charge < -0.3 is 9.63 Å². The quantitative estimate of drug-likeness (QED) is 0.814. The van der Waals surface area contributed by atoms with Crippen LogP contribution in [-0.4, -0.2) is 10.3 Å². The lowest BCUT2D eigenvalue weighted by atomic mass is 10.1. The summed E-state index contributed by atoms with van der Waals surface area (Å²) in [6.45, 7) is 1.54. The number of aromatic hydroxyl groups is 1. The number of benzene rings is 1. The molecule has 0 amide bonds. The Bertz CT molecular complexity index is 510. The van der Waals surface area contributed by atoms with Gasteiger partial charge in [-0.3, -0.25) is 0 Å². The average Bonchev–Trinajstić information content (AvgIpc) is 2.52. The molecule has 3 nitrogen and oxygen atoms in total. The highest BCUT2D eigenvalue weighted by Gasteiger charge is 2.17. The van der Waals surface area contributed by atoms with E-state index in [9.17, 15) is 9.50 Å². The first-order chi connectivity index (χ1) is 7.09. The highest BCUT2D eigenvalue weighted by molar-refractivity contribution is 6.30. The minimum atomic E-state index is -0.511. The van der Waals surface area contributed by atoms with Gasteiger partial charge >= 0.3 is 0 Å². The molecule has 0 atom stereocenters. The average molecular weight is 228 g/mol. The second kappa shape index (κ2) is 3.55. The summed E-state index contributed by atoms with van der Waals surface area (Å²) >= 11 is 5.72. The van der Waals surface area contributed by atoms with Crippen molar-refractivity contribution in [2.45, 2.75) is 6.92 Å². The van der Waals surface area contributed by atoms with E-state index in [-0.39, 0.29) is 22.8 Å². The van der Waals surface area contributed by atoms with E-state index in [0.717, 1.165) is 0 Å². The lowest BCUT2D eigenvalue weighted by molar-refractivity contribution is 0.384. The largest absolute Gasteiger partial charge is 0.503 e. The molecule has 2 aromatic rings. The Labute approximate surface area is 90.1 Å². The maximum Gasteiger partial charge on any atom is 0.186 e. The number of halogens is 2. The molecule has 1 N–H and O–H groups in total. The van der Waals surface area contributed by atoms with Gasteiger partial charge in [0.25, 0.3) is 0 Å². The molecule has 0 fully saturated rings. The van der Waals surface area contributed by atoms with Crippen molar-refractivity contribution >= 4 is 11.6 Å². The molecule has 1 aromatic carbocycles. The third-order valence-electron chi connectivity index (χ3n) is 2.02. The number of aromatic nitrogens is 1. The standard InChI is InChI=1S/C10H7ClFNO2/c1-5-10(14)9(13-15-5)7-4-6(11)2-3-8(7)12/h2-4,14H,1H3. The topological polar surface area (TPSA) is 46.3 Å². The predicted octanol–water partition coefficient (Wildman–Crippen LogP) is 3.15. The maximum absolute atomic E-state index is 13.4. The highest BCUT2D eigenvalue weighted by atomic mass is 35.5. The molecule has 0 saturated heterocycles. The molecule has 0 spiro atoms. The van der Waals surface area contributed by atoms with Crippen LogP contribution in [0.2, 0.25) is 5.02 Å². The maximum atomic E-state index is 13.4. The summed E-state index contributed by atoms with van der Waals surface area (Å²) in [5.41, 5.74) is 0.185. The number of hydrogen-bond donors (Lipinski definition) is 1. The summed E-state index contributed by atoms with van der Waals surface area (Å²) in [7, 11) is 0. The monoisotopic (exact) mass is 227 g/mol. The minimum absolute atomic E-state index is 0.0625. The van der Waals surface area contributed by atoms with Crippen LogP contribution in [0.25, 0.3) is 11.3 Å². The first kappa shape index (κ1) is 9.98. The van der Waals surface area contributed by atoms with Crippen LogP contribution < -0.4 is 0 Å². The van der Waals surface area contributed by atoms with E-state index in [2.05, 4.69) is 5.16 Å². The molecule has 0 radical (unpaired) electrons. The van der Waals surface area contributed by atoms with E-state index < -0.39 is 5.82 Å². The number of nitrogens with zero attached hydrogens (tertiary/aromatic N) is 1. The van der Waals surface area contributed by atoms with Crippen molar-refractivity contribution in [3.05, 3.63) is 34.8 Å². The van der Waals surface area contributed by atoms with Gasteiger partial charge in [0.05, 0.1) is 0 Å². The summed E-state index contributed by atoms with van der Waals surface area (Å²) in [5.74, 6) is -0.441. The van der Waals surface area contributed by atoms with Crippen LogP contribution in [0.1, 0.15) is 5.76 Å². The number of hydrogen-bond acceptors (Lipinski definition) is 3. The molecule has 1 heterocycles. The van der Waals surface area contributed by atoms with Gasteiger partial charge in [-0.2, -0.15) is 0 Å². The Kier molecular flexibility index (Phi) is 2.36. The van der Waals surface area contributed by atoms with Gasteiger partial charge in [-0.05, 0) is 18.2 Å². The van der Waals surface area contributed by atoms with E-state index in [1.165, 1.54) is 25.1 Å². The van der Waals surface area contributed by atoms with Crippen molar-refractivity contribution in [2.75, 3.05) is 0 Å². The van der Waals surface area contributed by atoms with E-state index >= 15 is 0 Å². The molecule has 5 heteroatoms. The van der Waals surface area contributed by atoms with Crippen LogP contribution in [0.5, 0.6) is 5.75 Å². The van der Waals surface area contributed by atoms with E-state index in [1.54, 1.807) is 0 Å². The van der Waals surface area contributed by atoms with Gasteiger partial charge in [-0.15, -0.1) is 0 Å². The zero-order valence-electron chi connectivity index (χ0n) is 7.79. The Balaban J connectivity index is 2.63. The van der Waals surface area contributed by atoms with Gasteiger partial charge in [0.1, 0.15) is 5.82 Å². The van der Waals surface area contributed by atoms with Crippen LogP contribution in [0, 0.1) is 12.7 Å². The Morgan fingerprint density at radius 3 is 2.80 bits per heavy atom. The SMILES string of the molecule is Cc1onc(-c2cc(Cl)ccc2F)c1O. The number of aryl methyl sites for hydroxylation is 1. The van der Waals surface area contributed by atoms with Crippen molar-refractivity contribution in [3.8, 4) is 17.0 Å². The second-order valence-electron chi connectivity index (χ2n) is 3.06. The van der Waals surface area contributed by atoms with E-state index in [4.69, 9.17) is 16.1 Å². The summed E-state index contributed by atoms with van der Waals surface area (Å²) < 4.78 is 18.1. The van der Waals surface area contributed by atoms with Crippen molar-refractivity contribution in [2.24, 2.45) is 0 Å². The Morgan fingerprint density at radius 2 is 2.20 bits per heavy atom. The molecule has 0 aliphatic heterocycles. The van der Waals surface area contributed by atoms with Gasteiger partial charge in [0.15, 0.2) is 17.2 Å². The van der Waals surface area contributed by atoms with Crippen molar-refractivity contribution in [3.63, 3.8) is 0 Å². The fraction of sp³-hybridized carbons (Fsp3) is 0.100. The second-order valence-corrected chi connectivity index (χ2v) is 3.50. The lowest BCUT2D eigenvalue weighted by Gasteiger charge is -1.99. The summed E-state index contributed by atoms with van der Waals surface area (Å²) in [4.78, 5) is 0. The van der Waals surface area contributed by atoms with Crippen LogP contribution in [0.4, 0.5) is 4.39 Å². The predicted molar refractivity (Wildman–Crippen MR) is 53.3 cm³/mol. The van der Waals surface area contributed by atoms with Crippen molar-refractivity contribution in [1.82, 2.24) is 5.16 Å². The van der Waals surface area contributed by atoms with Crippen molar-refractivity contribution in [1.29, 1.82) is 0 Å².